The molecule has 222 valence electrons. The van der Waals surface area contributed by atoms with E-state index in [1.165, 1.54) is 13.8 Å². The van der Waals surface area contributed by atoms with Crippen LogP contribution in [0, 0.1) is 11.3 Å². The van der Waals surface area contributed by atoms with Crippen molar-refractivity contribution in [1.29, 1.82) is 5.26 Å². The van der Waals surface area contributed by atoms with Crippen molar-refractivity contribution in [2.45, 2.75) is 88.3 Å². The Morgan fingerprint density at radius 3 is 2.26 bits per heavy atom. The highest BCUT2D eigenvalue weighted by atomic mass is 32.2. The lowest BCUT2D eigenvalue weighted by Gasteiger charge is -2.44. The number of hydrogen-bond donors (Lipinski definition) is 0. The molecule has 1 aliphatic carbocycles. The monoisotopic (exact) mass is 597 g/mol. The van der Waals surface area contributed by atoms with Gasteiger partial charge in [0.1, 0.15) is 23.8 Å². The van der Waals surface area contributed by atoms with E-state index in [9.17, 15) is 24.4 Å². The molecule has 42 heavy (non-hydrogen) atoms. The fraction of sp³-hybridized carbons (Fsp3) is 0.483. The van der Waals surface area contributed by atoms with Gasteiger partial charge in [0, 0.05) is 56.9 Å². The smallest absolute Gasteiger partial charge is 0.303 e. The molecule has 0 saturated carbocycles. The third-order valence-electron chi connectivity index (χ3n) is 6.68. The Balaban J connectivity index is 1.83. The minimum atomic E-state index is -1.32. The first-order chi connectivity index (χ1) is 20.1. The van der Waals surface area contributed by atoms with Gasteiger partial charge in [-0.05, 0) is 37.3 Å². The van der Waals surface area contributed by atoms with Gasteiger partial charge < -0.3 is 23.7 Å². The summed E-state index contributed by atoms with van der Waals surface area (Å²) in [6, 6.07) is 5.96. The molecule has 12 nitrogen and oxygen atoms in total. The van der Waals surface area contributed by atoms with Gasteiger partial charge in [-0.1, -0.05) is 17.8 Å². The number of pyridine rings is 2. The van der Waals surface area contributed by atoms with Gasteiger partial charge in [0.25, 0.3) is 0 Å². The Morgan fingerprint density at radius 1 is 0.976 bits per heavy atom. The second-order valence-corrected chi connectivity index (χ2v) is 10.9. The van der Waals surface area contributed by atoms with E-state index in [0.717, 1.165) is 67.3 Å². The Kier molecular flexibility index (Phi) is 10.1. The van der Waals surface area contributed by atoms with E-state index in [0.29, 0.717) is 17.0 Å². The quantitative estimate of drug-likeness (QED) is 0.322. The summed E-state index contributed by atoms with van der Waals surface area (Å²) in [4.78, 5) is 57.2. The normalized spacial score (nSPS) is 23.1. The lowest BCUT2D eigenvalue weighted by molar-refractivity contribution is -0.237. The molecule has 0 amide bonds. The number of hydrogen-bond acceptors (Lipinski definition) is 13. The van der Waals surface area contributed by atoms with Crippen molar-refractivity contribution in [2.75, 3.05) is 6.61 Å². The summed E-state index contributed by atoms with van der Waals surface area (Å²) in [6.45, 7) is 4.35. The number of esters is 4. The molecule has 1 aliphatic heterocycles. The summed E-state index contributed by atoms with van der Waals surface area (Å²) < 4.78 is 28.0. The van der Waals surface area contributed by atoms with Crippen molar-refractivity contribution >= 4 is 35.6 Å². The van der Waals surface area contributed by atoms with Gasteiger partial charge in [-0.3, -0.25) is 24.2 Å². The number of fused-ring (bicyclic) bond motifs is 1. The molecule has 0 bridgehead atoms. The van der Waals surface area contributed by atoms with Crippen LogP contribution in [-0.2, 0) is 55.7 Å². The van der Waals surface area contributed by atoms with Gasteiger partial charge in [-0.15, -0.1) is 0 Å². The zero-order valence-electron chi connectivity index (χ0n) is 23.7. The van der Waals surface area contributed by atoms with Crippen molar-refractivity contribution in [3.8, 4) is 17.2 Å². The third kappa shape index (κ3) is 7.24. The highest BCUT2D eigenvalue weighted by Gasteiger charge is 2.53. The molecule has 1 fully saturated rings. The van der Waals surface area contributed by atoms with Gasteiger partial charge in [0.2, 0.25) is 0 Å². The number of thioether (sulfide) groups is 1. The summed E-state index contributed by atoms with van der Waals surface area (Å²) in [5.41, 5.74) is 2.50. The minimum absolute atomic E-state index is 0.293. The number of carbonyl (C=O) groups excluding carboxylic acids is 4. The fourth-order valence-electron chi connectivity index (χ4n) is 5.13. The first-order valence-electron chi connectivity index (χ1n) is 13.4. The Hall–Kier alpha value is -4.02. The van der Waals surface area contributed by atoms with Crippen LogP contribution in [0.25, 0.3) is 11.1 Å². The number of nitriles is 1. The zero-order chi connectivity index (χ0) is 30.4. The van der Waals surface area contributed by atoms with E-state index in [4.69, 9.17) is 28.7 Å². The summed E-state index contributed by atoms with van der Waals surface area (Å²) >= 11 is 1.01. The molecule has 2 aliphatic rings. The van der Waals surface area contributed by atoms with Crippen LogP contribution in [0.1, 0.15) is 57.4 Å². The standard InChI is InChI=1S/C29H31N3O9S/c1-15(33)37-14-23-25(38-16(2)34)26(39-17(3)35)27(40-18(4)36)29(41-23)42-28-21(12-30)24(19-8-7-11-31-13-19)20-9-5-6-10-22(20)32-28/h7-8,11,13,23,25-27,29H,5-6,9-10,14H2,1-4H3/t23-,25-,26+,27-,29+/m1/s1. The Labute approximate surface area is 247 Å². The molecule has 0 spiro atoms. The second-order valence-electron chi connectivity index (χ2n) is 9.84. The maximum atomic E-state index is 12.2. The third-order valence-corrected chi connectivity index (χ3v) is 7.81. The molecule has 13 heteroatoms. The van der Waals surface area contributed by atoms with E-state index < -0.39 is 53.7 Å². The SMILES string of the molecule is CC(=O)OC[C@H]1O[C@@H](Sc2nc3c(c(-c4cccnc4)c2C#N)CCCC3)[C@H](OC(C)=O)[C@@H](OC(C)=O)[C@@H]1OC(C)=O. The largest absolute Gasteiger partial charge is 0.463 e. The van der Waals surface area contributed by atoms with E-state index >= 15 is 0 Å². The number of carbonyl (C=O) groups is 4. The number of aromatic nitrogens is 2. The zero-order valence-corrected chi connectivity index (χ0v) is 24.5. The van der Waals surface area contributed by atoms with Crippen LogP contribution in [0.15, 0.2) is 29.6 Å². The lowest BCUT2D eigenvalue weighted by Crippen LogP contribution is -2.61. The van der Waals surface area contributed by atoms with Crippen molar-refractivity contribution in [1.82, 2.24) is 9.97 Å². The Bertz CT molecular complexity index is 1390. The molecule has 0 unspecified atom stereocenters. The highest BCUT2D eigenvalue weighted by Crippen LogP contribution is 2.42. The average molecular weight is 598 g/mol. The molecule has 3 heterocycles. The topological polar surface area (TPSA) is 164 Å². The first-order valence-corrected chi connectivity index (χ1v) is 14.3. The summed E-state index contributed by atoms with van der Waals surface area (Å²) in [5.74, 6) is -2.76. The Morgan fingerprint density at radius 2 is 1.64 bits per heavy atom. The molecule has 1 saturated heterocycles. The van der Waals surface area contributed by atoms with Crippen LogP contribution in [0.3, 0.4) is 0 Å². The fourth-order valence-corrected chi connectivity index (χ4v) is 6.32. The molecule has 2 aromatic rings. The van der Waals surface area contributed by atoms with Crippen molar-refractivity contribution < 1.29 is 42.9 Å². The van der Waals surface area contributed by atoms with Crippen LogP contribution in [0.2, 0.25) is 0 Å². The molecular formula is C29H31N3O9S. The molecule has 2 aromatic heterocycles. The molecule has 0 aromatic carbocycles. The van der Waals surface area contributed by atoms with Crippen LogP contribution in [0.5, 0.6) is 0 Å². The van der Waals surface area contributed by atoms with Crippen LogP contribution < -0.4 is 0 Å². The number of nitrogens with zero attached hydrogens (tertiary/aromatic N) is 3. The van der Waals surface area contributed by atoms with Gasteiger partial charge in [-0.2, -0.15) is 5.26 Å². The first kappa shape index (κ1) is 30.9. The summed E-state index contributed by atoms with van der Waals surface area (Å²) in [6.07, 6.45) is 1.72. The number of aryl methyl sites for hydroxylation is 1. The second kappa shape index (κ2) is 13.8. The van der Waals surface area contributed by atoms with Gasteiger partial charge >= 0.3 is 23.9 Å². The van der Waals surface area contributed by atoms with Crippen molar-refractivity contribution in [3.63, 3.8) is 0 Å². The highest BCUT2D eigenvalue weighted by molar-refractivity contribution is 7.99. The predicted octanol–water partition coefficient (Wildman–Crippen LogP) is 3.07. The van der Waals surface area contributed by atoms with Crippen molar-refractivity contribution in [3.05, 3.63) is 41.3 Å². The van der Waals surface area contributed by atoms with E-state index in [1.807, 2.05) is 6.07 Å². The molecule has 4 rings (SSSR count). The molecule has 0 N–H and O–H groups in total. The van der Waals surface area contributed by atoms with Gasteiger partial charge in [-0.25, -0.2) is 4.98 Å². The maximum Gasteiger partial charge on any atom is 0.303 e. The lowest BCUT2D eigenvalue weighted by atomic mass is 9.87. The van der Waals surface area contributed by atoms with E-state index in [2.05, 4.69) is 11.1 Å². The molecular weight excluding hydrogens is 566 g/mol. The minimum Gasteiger partial charge on any atom is -0.463 e. The molecule has 0 radical (unpaired) electrons. The van der Waals surface area contributed by atoms with E-state index in [-0.39, 0.29) is 6.61 Å². The van der Waals surface area contributed by atoms with Crippen LogP contribution >= 0.6 is 11.8 Å². The van der Waals surface area contributed by atoms with Crippen LogP contribution in [0.4, 0.5) is 0 Å². The summed E-state index contributed by atoms with van der Waals surface area (Å²) in [5, 5.41) is 10.7. The summed E-state index contributed by atoms with van der Waals surface area (Å²) in [7, 11) is 0. The van der Waals surface area contributed by atoms with Gasteiger partial charge in [0.15, 0.2) is 23.7 Å². The van der Waals surface area contributed by atoms with Gasteiger partial charge in [0.05, 0.1) is 5.56 Å². The van der Waals surface area contributed by atoms with Crippen molar-refractivity contribution in [2.24, 2.45) is 0 Å². The molecule has 5 atom stereocenters. The van der Waals surface area contributed by atoms with Crippen LogP contribution in [-0.4, -0.2) is 70.3 Å². The van der Waals surface area contributed by atoms with E-state index in [1.54, 1.807) is 18.5 Å². The predicted molar refractivity (Wildman–Crippen MR) is 147 cm³/mol. The maximum absolute atomic E-state index is 12.2. The number of rotatable bonds is 8. The average Bonchev–Trinajstić information content (AvgIpc) is 2.94. The number of ether oxygens (including phenoxy) is 5.